The first-order valence-corrected chi connectivity index (χ1v) is 11.9. The molecule has 0 aromatic heterocycles. The Morgan fingerprint density at radius 3 is 2.36 bits per heavy atom. The molecule has 0 bridgehead atoms. The summed E-state index contributed by atoms with van der Waals surface area (Å²) in [5.74, 6) is 6.64. The van der Waals surface area contributed by atoms with E-state index in [9.17, 15) is 14.7 Å². The molecule has 2 aliphatic rings. The number of nitrogens with zero attached hydrogens (tertiary/aromatic N) is 2. The molecule has 0 saturated carbocycles. The number of piperazine rings is 1. The molecule has 0 unspecified atom stereocenters. The molecule has 7 heteroatoms. The Balaban J connectivity index is 1.31. The van der Waals surface area contributed by atoms with Gasteiger partial charge in [-0.15, -0.1) is 0 Å². The Labute approximate surface area is 210 Å². The number of benzene rings is 3. The zero-order valence-corrected chi connectivity index (χ0v) is 19.9. The molecule has 7 nitrogen and oxygen atoms in total. The number of urea groups is 1. The third kappa shape index (κ3) is 4.51. The van der Waals surface area contributed by atoms with Gasteiger partial charge in [0.15, 0.2) is 0 Å². The maximum atomic E-state index is 13.0. The lowest BCUT2D eigenvalue weighted by Crippen LogP contribution is -2.73. The minimum Gasteiger partial charge on any atom is -0.495 e. The maximum Gasteiger partial charge on any atom is 0.322 e. The number of amides is 3. The summed E-state index contributed by atoms with van der Waals surface area (Å²) in [4.78, 5) is 29.2. The second-order valence-electron chi connectivity index (χ2n) is 8.89. The van der Waals surface area contributed by atoms with E-state index in [0.29, 0.717) is 18.0 Å². The largest absolute Gasteiger partial charge is 0.495 e. The van der Waals surface area contributed by atoms with E-state index in [1.165, 1.54) is 4.90 Å². The number of aliphatic hydroxyl groups is 1. The molecule has 0 aliphatic carbocycles. The van der Waals surface area contributed by atoms with Gasteiger partial charge in [0, 0.05) is 23.6 Å². The van der Waals surface area contributed by atoms with Crippen molar-refractivity contribution in [3.63, 3.8) is 0 Å². The average molecular weight is 482 g/mol. The summed E-state index contributed by atoms with van der Waals surface area (Å²) < 4.78 is 5.31. The van der Waals surface area contributed by atoms with E-state index in [0.717, 1.165) is 16.7 Å². The van der Waals surface area contributed by atoms with E-state index >= 15 is 0 Å². The number of aliphatic hydroxyl groups excluding tert-OH is 1. The predicted molar refractivity (Wildman–Crippen MR) is 137 cm³/mol. The first kappa shape index (κ1) is 23.5. The second kappa shape index (κ2) is 10.1. The molecule has 0 radical (unpaired) electrons. The van der Waals surface area contributed by atoms with Crippen molar-refractivity contribution in [2.75, 3.05) is 32.1 Å². The first-order chi connectivity index (χ1) is 17.6. The van der Waals surface area contributed by atoms with Crippen molar-refractivity contribution in [2.24, 2.45) is 0 Å². The highest BCUT2D eigenvalue weighted by atomic mass is 16.5. The van der Waals surface area contributed by atoms with Crippen LogP contribution >= 0.6 is 0 Å². The maximum absolute atomic E-state index is 13.0. The van der Waals surface area contributed by atoms with E-state index in [4.69, 9.17) is 4.74 Å². The number of hydrogen-bond donors (Lipinski definition) is 2. The van der Waals surface area contributed by atoms with Crippen LogP contribution in [0.3, 0.4) is 0 Å². The van der Waals surface area contributed by atoms with E-state index in [2.05, 4.69) is 17.2 Å². The van der Waals surface area contributed by atoms with Crippen LogP contribution < -0.4 is 10.1 Å². The first-order valence-electron chi connectivity index (χ1n) is 11.9. The Hall–Kier alpha value is -4.28. The zero-order valence-electron chi connectivity index (χ0n) is 19.9. The van der Waals surface area contributed by atoms with Crippen LogP contribution in [0, 0.1) is 11.8 Å². The van der Waals surface area contributed by atoms with Crippen LogP contribution in [-0.4, -0.2) is 65.7 Å². The zero-order chi connectivity index (χ0) is 25.1. The quantitative estimate of drug-likeness (QED) is 0.561. The van der Waals surface area contributed by atoms with Crippen LogP contribution in [0.15, 0.2) is 78.9 Å². The number of methoxy groups -OCH3 is 1. The Morgan fingerprint density at radius 2 is 1.67 bits per heavy atom. The Bertz CT molecular complexity index is 1310. The van der Waals surface area contributed by atoms with Crippen LogP contribution in [0.25, 0.3) is 0 Å². The fourth-order valence-corrected chi connectivity index (χ4v) is 5.05. The van der Waals surface area contributed by atoms with E-state index in [1.807, 2.05) is 66.7 Å². The minimum absolute atomic E-state index is 0.0330. The summed E-state index contributed by atoms with van der Waals surface area (Å²) in [5, 5.41) is 12.9. The van der Waals surface area contributed by atoms with E-state index < -0.39 is 0 Å². The van der Waals surface area contributed by atoms with Gasteiger partial charge in [-0.25, -0.2) is 4.79 Å². The lowest BCUT2D eigenvalue weighted by molar-refractivity contribution is -0.159. The number of rotatable bonds is 4. The van der Waals surface area contributed by atoms with Gasteiger partial charge in [0.05, 0.1) is 31.5 Å². The molecular weight excluding hydrogens is 454 g/mol. The average Bonchev–Trinajstić information content (AvgIpc) is 2.90. The number of para-hydroxylation sites is 2. The third-order valence-electron chi connectivity index (χ3n) is 6.81. The lowest BCUT2D eigenvalue weighted by atomic mass is 9.73. The van der Waals surface area contributed by atoms with Crippen molar-refractivity contribution in [2.45, 2.75) is 18.0 Å². The highest BCUT2D eigenvalue weighted by molar-refractivity contribution is 5.94. The number of carbonyl (C=O) groups is 2. The highest BCUT2D eigenvalue weighted by Gasteiger charge is 2.54. The molecule has 2 aliphatic heterocycles. The molecule has 36 heavy (non-hydrogen) atoms. The van der Waals surface area contributed by atoms with Gasteiger partial charge in [-0.3, -0.25) is 4.79 Å². The summed E-state index contributed by atoms with van der Waals surface area (Å²) in [6.07, 6.45) is 0. The van der Waals surface area contributed by atoms with Gasteiger partial charge in [0.25, 0.3) is 0 Å². The van der Waals surface area contributed by atoms with Crippen LogP contribution in [0.2, 0.25) is 0 Å². The molecule has 2 heterocycles. The summed E-state index contributed by atoms with van der Waals surface area (Å²) in [7, 11) is 1.54. The fraction of sp³-hybridized carbons (Fsp3) is 0.241. The molecular formula is C29H27N3O4. The van der Waals surface area contributed by atoms with Crippen molar-refractivity contribution in [1.29, 1.82) is 0 Å². The molecule has 3 aromatic rings. The second-order valence-corrected chi connectivity index (χ2v) is 8.89. The number of hydrogen-bond acceptors (Lipinski definition) is 4. The lowest BCUT2D eigenvalue weighted by Gasteiger charge is -2.58. The summed E-state index contributed by atoms with van der Waals surface area (Å²) in [6, 6.07) is 24.0. The Kier molecular flexibility index (Phi) is 6.61. The summed E-state index contributed by atoms with van der Waals surface area (Å²) >= 11 is 0. The smallest absolute Gasteiger partial charge is 0.322 e. The molecule has 2 fully saturated rings. The van der Waals surface area contributed by atoms with Crippen LogP contribution in [-0.2, 0) is 4.79 Å². The predicted octanol–water partition coefficient (Wildman–Crippen LogP) is 3.30. The number of nitrogens with one attached hydrogen (secondary N) is 1. The van der Waals surface area contributed by atoms with Crippen molar-refractivity contribution in [3.8, 4) is 17.6 Å². The van der Waals surface area contributed by atoms with Gasteiger partial charge in [-0.1, -0.05) is 54.3 Å². The monoisotopic (exact) mass is 481 g/mol. The minimum atomic E-state index is -0.356. The summed E-state index contributed by atoms with van der Waals surface area (Å²) in [5.41, 5.74) is 3.39. The molecule has 3 amide bonds. The van der Waals surface area contributed by atoms with Crippen LogP contribution in [0.5, 0.6) is 5.75 Å². The van der Waals surface area contributed by atoms with Crippen molar-refractivity contribution < 1.29 is 19.4 Å². The van der Waals surface area contributed by atoms with Crippen LogP contribution in [0.4, 0.5) is 10.5 Å². The molecule has 182 valence electrons. The van der Waals surface area contributed by atoms with Crippen molar-refractivity contribution in [3.05, 3.63) is 95.6 Å². The topological polar surface area (TPSA) is 82.1 Å². The van der Waals surface area contributed by atoms with Gasteiger partial charge in [-0.05, 0) is 42.0 Å². The van der Waals surface area contributed by atoms with E-state index in [-0.39, 0.29) is 43.1 Å². The molecule has 3 atom stereocenters. The van der Waals surface area contributed by atoms with Gasteiger partial charge in [0.2, 0.25) is 5.91 Å². The number of carbonyl (C=O) groups excluding carboxylic acids is 2. The normalized spacial score (nSPS) is 20.5. The van der Waals surface area contributed by atoms with Gasteiger partial charge < -0.3 is 25.0 Å². The van der Waals surface area contributed by atoms with Crippen molar-refractivity contribution in [1.82, 2.24) is 9.80 Å². The SMILES string of the molecule is COc1ccccc1NC(=O)N1CC(=O)N2[C@@H](CO)[C@@H](c3ccc(C#Cc4ccccc4)cc3)[C@@H]2C1. The molecule has 5 rings (SSSR count). The number of ether oxygens (including phenoxy) is 1. The van der Waals surface area contributed by atoms with E-state index in [1.54, 1.807) is 24.1 Å². The van der Waals surface area contributed by atoms with Crippen molar-refractivity contribution >= 4 is 17.6 Å². The van der Waals surface area contributed by atoms with Crippen LogP contribution in [0.1, 0.15) is 22.6 Å². The molecule has 2 N–H and O–H groups in total. The standard InChI is InChI=1S/C29H27N3O4/c1-36-26-10-6-5-9-23(26)30-29(35)31-17-24-28(25(19-33)32(24)27(34)18-31)22-15-13-21(14-16-22)12-11-20-7-3-2-4-8-20/h2-10,13-16,24-25,28,33H,17-19H2,1H3,(H,30,35)/t24-,25-,28-/m0/s1. The molecule has 3 aromatic carbocycles. The fourth-order valence-electron chi connectivity index (χ4n) is 5.05. The molecule has 0 spiro atoms. The Morgan fingerprint density at radius 1 is 1.00 bits per heavy atom. The third-order valence-corrected chi connectivity index (χ3v) is 6.81. The highest BCUT2D eigenvalue weighted by Crippen LogP contribution is 2.43. The van der Waals surface area contributed by atoms with Gasteiger partial charge in [-0.2, -0.15) is 0 Å². The summed E-state index contributed by atoms with van der Waals surface area (Å²) in [6.45, 7) is 0.216. The number of fused-ring (bicyclic) bond motifs is 1. The van der Waals surface area contributed by atoms with Gasteiger partial charge in [0.1, 0.15) is 12.3 Å². The number of anilines is 1. The molecule has 2 saturated heterocycles. The van der Waals surface area contributed by atoms with Gasteiger partial charge >= 0.3 is 6.03 Å².